The summed E-state index contributed by atoms with van der Waals surface area (Å²) in [6.45, 7) is 8.32. The van der Waals surface area contributed by atoms with Gasteiger partial charge in [0.05, 0.1) is 0 Å². The van der Waals surface area contributed by atoms with Gasteiger partial charge in [0.2, 0.25) is 0 Å². The van der Waals surface area contributed by atoms with Crippen LogP contribution in [0.25, 0.3) is 0 Å². The molecule has 94 valence electrons. The first kappa shape index (κ1) is 12.1. The molecule has 2 heterocycles. The van der Waals surface area contributed by atoms with E-state index >= 15 is 0 Å². The van der Waals surface area contributed by atoms with Gasteiger partial charge in [0.1, 0.15) is 18.0 Å². The average Bonchev–Trinajstić information content (AvgIpc) is 2.84. The largest absolute Gasteiger partial charge is 0.366 e. The third-order valence-electron chi connectivity index (χ3n) is 3.15. The van der Waals surface area contributed by atoms with Gasteiger partial charge in [-0.3, -0.25) is 0 Å². The van der Waals surface area contributed by atoms with Gasteiger partial charge in [0, 0.05) is 31.7 Å². The molecule has 0 spiro atoms. The molecular weight excluding hydrogens is 214 g/mol. The zero-order valence-corrected chi connectivity index (χ0v) is 10.6. The summed E-state index contributed by atoms with van der Waals surface area (Å²) in [5.74, 6) is 1.93. The van der Waals surface area contributed by atoms with Gasteiger partial charge in [0.15, 0.2) is 0 Å². The highest BCUT2D eigenvalue weighted by atomic mass is 15.2. The van der Waals surface area contributed by atoms with Crippen molar-refractivity contribution in [1.82, 2.24) is 15.3 Å². The lowest BCUT2D eigenvalue weighted by Gasteiger charge is -2.20. The first-order valence-corrected chi connectivity index (χ1v) is 6.37. The zero-order chi connectivity index (χ0) is 12.1. The number of aromatic nitrogens is 2. The highest BCUT2D eigenvalue weighted by molar-refractivity contribution is 5.48. The van der Waals surface area contributed by atoms with Crippen LogP contribution in [0.15, 0.2) is 12.4 Å². The zero-order valence-electron chi connectivity index (χ0n) is 10.6. The van der Waals surface area contributed by atoms with Crippen molar-refractivity contribution >= 4 is 11.6 Å². The van der Waals surface area contributed by atoms with Crippen LogP contribution in [0.2, 0.25) is 0 Å². The normalized spacial score (nSPS) is 19.3. The van der Waals surface area contributed by atoms with E-state index in [4.69, 9.17) is 0 Å². The summed E-state index contributed by atoms with van der Waals surface area (Å²) >= 11 is 0. The summed E-state index contributed by atoms with van der Waals surface area (Å²) in [6, 6.07) is 2.53. The smallest absolute Gasteiger partial charge is 0.134 e. The minimum absolute atomic E-state index is 0.495. The fraction of sp³-hybridized carbons (Fsp3) is 0.667. The van der Waals surface area contributed by atoms with E-state index in [0.717, 1.165) is 44.2 Å². The lowest BCUT2D eigenvalue weighted by molar-refractivity contribution is 0.784. The van der Waals surface area contributed by atoms with Crippen LogP contribution in [-0.4, -0.2) is 42.2 Å². The molecule has 2 rings (SSSR count). The van der Waals surface area contributed by atoms with Crippen LogP contribution < -0.4 is 15.5 Å². The van der Waals surface area contributed by atoms with Gasteiger partial charge in [-0.15, -0.1) is 0 Å². The molecule has 5 nitrogen and oxygen atoms in total. The van der Waals surface area contributed by atoms with Crippen molar-refractivity contribution in [1.29, 1.82) is 0 Å². The lowest BCUT2D eigenvalue weighted by atomic mass is 10.2. The fourth-order valence-corrected chi connectivity index (χ4v) is 2.13. The first-order valence-electron chi connectivity index (χ1n) is 6.37. The number of hydrogen-bond acceptors (Lipinski definition) is 5. The van der Waals surface area contributed by atoms with Crippen molar-refractivity contribution in [3.8, 4) is 0 Å². The number of hydrogen-bond donors (Lipinski definition) is 2. The molecule has 0 amide bonds. The van der Waals surface area contributed by atoms with Crippen LogP contribution in [-0.2, 0) is 0 Å². The van der Waals surface area contributed by atoms with Crippen LogP contribution in [0.5, 0.6) is 0 Å². The maximum Gasteiger partial charge on any atom is 0.134 e. The summed E-state index contributed by atoms with van der Waals surface area (Å²) in [7, 11) is 0. The Morgan fingerprint density at radius 1 is 1.41 bits per heavy atom. The second kappa shape index (κ2) is 5.82. The predicted molar refractivity (Wildman–Crippen MR) is 70.5 cm³/mol. The molecular formula is C12H21N5. The Bertz CT molecular complexity index is 345. The molecule has 17 heavy (non-hydrogen) atoms. The molecule has 1 atom stereocenters. The summed E-state index contributed by atoms with van der Waals surface area (Å²) in [5, 5.41) is 6.78. The van der Waals surface area contributed by atoms with E-state index in [1.165, 1.54) is 0 Å². The van der Waals surface area contributed by atoms with Crippen LogP contribution >= 0.6 is 0 Å². The van der Waals surface area contributed by atoms with Crippen LogP contribution in [0.3, 0.4) is 0 Å². The Balaban J connectivity index is 2.04. The van der Waals surface area contributed by atoms with E-state index in [1.54, 1.807) is 6.33 Å². The van der Waals surface area contributed by atoms with Crippen LogP contribution in [0, 0.1) is 0 Å². The van der Waals surface area contributed by atoms with Gasteiger partial charge in [-0.2, -0.15) is 0 Å². The van der Waals surface area contributed by atoms with E-state index in [9.17, 15) is 0 Å². The van der Waals surface area contributed by atoms with Gasteiger partial charge < -0.3 is 15.5 Å². The summed E-state index contributed by atoms with van der Waals surface area (Å²) in [5.41, 5.74) is 0. The highest BCUT2D eigenvalue weighted by Crippen LogP contribution is 2.15. The van der Waals surface area contributed by atoms with Gasteiger partial charge >= 0.3 is 0 Å². The van der Waals surface area contributed by atoms with E-state index in [-0.39, 0.29) is 0 Å². The van der Waals surface area contributed by atoms with Crippen molar-refractivity contribution in [2.45, 2.75) is 26.3 Å². The number of rotatable bonds is 5. The standard InChI is InChI=1S/C12H21N5/c1-3-17(4-2)12-7-11(14-9-15-12)16-10-5-6-13-8-10/h7,9-10,13H,3-6,8H2,1-2H3,(H,14,15,16). The summed E-state index contributed by atoms with van der Waals surface area (Å²) in [6.07, 6.45) is 2.79. The van der Waals surface area contributed by atoms with Crippen molar-refractivity contribution in [2.75, 3.05) is 36.4 Å². The molecule has 1 saturated heterocycles. The topological polar surface area (TPSA) is 53.1 Å². The molecule has 5 heteroatoms. The Morgan fingerprint density at radius 2 is 2.24 bits per heavy atom. The number of anilines is 2. The van der Waals surface area contributed by atoms with Crippen LogP contribution in [0.4, 0.5) is 11.6 Å². The molecule has 1 aromatic heterocycles. The monoisotopic (exact) mass is 235 g/mol. The Morgan fingerprint density at radius 3 is 2.88 bits per heavy atom. The molecule has 1 unspecified atom stereocenters. The van der Waals surface area contributed by atoms with E-state index in [2.05, 4.69) is 39.3 Å². The molecule has 1 aliphatic rings. The molecule has 0 aromatic carbocycles. The molecule has 1 fully saturated rings. The minimum atomic E-state index is 0.495. The van der Waals surface area contributed by atoms with Crippen molar-refractivity contribution in [2.24, 2.45) is 0 Å². The van der Waals surface area contributed by atoms with Gasteiger partial charge in [-0.05, 0) is 26.8 Å². The Hall–Kier alpha value is -1.36. The lowest BCUT2D eigenvalue weighted by Crippen LogP contribution is -2.25. The van der Waals surface area contributed by atoms with Crippen molar-refractivity contribution < 1.29 is 0 Å². The van der Waals surface area contributed by atoms with Gasteiger partial charge in [-0.1, -0.05) is 0 Å². The summed E-state index contributed by atoms with van der Waals surface area (Å²) < 4.78 is 0. The van der Waals surface area contributed by atoms with Crippen molar-refractivity contribution in [3.05, 3.63) is 12.4 Å². The SMILES string of the molecule is CCN(CC)c1cc(NC2CCNC2)ncn1. The molecule has 1 aromatic rings. The van der Waals surface area contributed by atoms with Crippen molar-refractivity contribution in [3.63, 3.8) is 0 Å². The average molecular weight is 235 g/mol. The third kappa shape index (κ3) is 3.06. The number of nitrogens with one attached hydrogen (secondary N) is 2. The fourth-order valence-electron chi connectivity index (χ4n) is 2.13. The summed E-state index contributed by atoms with van der Waals surface area (Å²) in [4.78, 5) is 10.8. The second-order valence-corrected chi connectivity index (χ2v) is 4.27. The second-order valence-electron chi connectivity index (χ2n) is 4.27. The molecule has 0 saturated carbocycles. The van der Waals surface area contributed by atoms with E-state index < -0.39 is 0 Å². The maximum atomic E-state index is 4.32. The highest BCUT2D eigenvalue weighted by Gasteiger charge is 2.14. The minimum Gasteiger partial charge on any atom is -0.366 e. The molecule has 2 N–H and O–H groups in total. The molecule has 0 bridgehead atoms. The molecule has 1 aliphatic heterocycles. The Labute approximate surface area is 103 Å². The van der Waals surface area contributed by atoms with Crippen LogP contribution in [0.1, 0.15) is 20.3 Å². The number of nitrogens with zero attached hydrogens (tertiary/aromatic N) is 3. The first-order chi connectivity index (χ1) is 8.33. The predicted octanol–water partition coefficient (Wildman–Crippen LogP) is 1.10. The molecule has 0 radical (unpaired) electrons. The van der Waals surface area contributed by atoms with Gasteiger partial charge in [0.25, 0.3) is 0 Å². The third-order valence-corrected chi connectivity index (χ3v) is 3.15. The molecule has 0 aliphatic carbocycles. The maximum absolute atomic E-state index is 4.32. The quantitative estimate of drug-likeness (QED) is 0.800. The van der Waals surface area contributed by atoms with E-state index in [0.29, 0.717) is 6.04 Å². The van der Waals surface area contributed by atoms with Gasteiger partial charge in [-0.25, -0.2) is 9.97 Å². The Kier molecular flexibility index (Phi) is 4.14. The van der Waals surface area contributed by atoms with E-state index in [1.807, 2.05) is 6.07 Å².